The molecule has 0 atom stereocenters. The van der Waals surface area contributed by atoms with Crippen LogP contribution in [0.3, 0.4) is 0 Å². The molecule has 2 rings (SSSR count). The average molecular weight is 286 g/mol. The molecule has 0 aliphatic rings. The number of hydrogen-bond acceptors (Lipinski definition) is 6. The van der Waals surface area contributed by atoms with Gasteiger partial charge in [0.1, 0.15) is 5.82 Å². The molecule has 0 spiro atoms. The third kappa shape index (κ3) is 4.00. The van der Waals surface area contributed by atoms with E-state index in [2.05, 4.69) is 14.7 Å². The van der Waals surface area contributed by atoms with Gasteiger partial charge >= 0.3 is 5.97 Å². The van der Waals surface area contributed by atoms with Crippen molar-refractivity contribution < 1.29 is 9.53 Å². The highest BCUT2D eigenvalue weighted by Crippen LogP contribution is 2.14. The molecule has 0 bridgehead atoms. The second-order valence-corrected chi connectivity index (χ2v) is 4.43. The van der Waals surface area contributed by atoms with Gasteiger partial charge in [-0.25, -0.2) is 14.8 Å². The van der Waals surface area contributed by atoms with Gasteiger partial charge in [0.05, 0.1) is 7.11 Å². The fourth-order valence-corrected chi connectivity index (χ4v) is 1.95. The zero-order valence-electron chi connectivity index (χ0n) is 11.9. The smallest absolute Gasteiger partial charge is 0.376 e. The quantitative estimate of drug-likeness (QED) is 0.804. The van der Waals surface area contributed by atoms with E-state index in [1.165, 1.54) is 7.11 Å². The molecule has 0 amide bonds. The monoisotopic (exact) mass is 286 g/mol. The lowest BCUT2D eigenvalue weighted by atomic mass is 10.2. The molecule has 0 saturated carbocycles. The van der Waals surface area contributed by atoms with Crippen LogP contribution in [0.4, 0.5) is 5.82 Å². The van der Waals surface area contributed by atoms with Gasteiger partial charge in [0.25, 0.3) is 0 Å². The molecule has 1 aromatic heterocycles. The normalized spacial score (nSPS) is 10.2. The zero-order chi connectivity index (χ0) is 15.1. The Balaban J connectivity index is 2.23. The van der Waals surface area contributed by atoms with Crippen LogP contribution in [-0.4, -0.2) is 36.1 Å². The molecule has 110 valence electrons. The largest absolute Gasteiger partial charge is 0.463 e. The number of ether oxygens (including phenoxy) is 1. The third-order valence-corrected chi connectivity index (χ3v) is 2.95. The Kier molecular flexibility index (Phi) is 5.22. The summed E-state index contributed by atoms with van der Waals surface area (Å²) in [6.07, 6.45) is 1.54. The maximum absolute atomic E-state index is 11.5. The lowest BCUT2D eigenvalue weighted by molar-refractivity contribution is 0.0587. The summed E-state index contributed by atoms with van der Waals surface area (Å²) >= 11 is 0. The van der Waals surface area contributed by atoms with Crippen molar-refractivity contribution >= 4 is 11.8 Å². The van der Waals surface area contributed by atoms with Gasteiger partial charge < -0.3 is 15.4 Å². The number of aromatic nitrogens is 2. The van der Waals surface area contributed by atoms with Crippen LogP contribution in [0.5, 0.6) is 0 Å². The van der Waals surface area contributed by atoms with Gasteiger partial charge in [0.2, 0.25) is 5.82 Å². The molecule has 1 aromatic carbocycles. The Bertz CT molecular complexity index is 589. The first kappa shape index (κ1) is 14.9. The molecule has 0 aliphatic heterocycles. The van der Waals surface area contributed by atoms with Crippen LogP contribution in [0.1, 0.15) is 16.2 Å². The Labute approximate surface area is 123 Å². The number of rotatable bonds is 6. The summed E-state index contributed by atoms with van der Waals surface area (Å²) in [6, 6.07) is 11.8. The van der Waals surface area contributed by atoms with Gasteiger partial charge in [-0.05, 0) is 11.6 Å². The Morgan fingerprint density at radius 2 is 2.05 bits per heavy atom. The predicted molar refractivity (Wildman–Crippen MR) is 79.9 cm³/mol. The number of benzene rings is 1. The summed E-state index contributed by atoms with van der Waals surface area (Å²) < 4.78 is 4.64. The van der Waals surface area contributed by atoms with Crippen LogP contribution in [0.25, 0.3) is 0 Å². The van der Waals surface area contributed by atoms with Crippen molar-refractivity contribution in [1.82, 2.24) is 9.97 Å². The molecule has 2 N–H and O–H groups in total. The van der Waals surface area contributed by atoms with Crippen LogP contribution in [0.2, 0.25) is 0 Å². The Morgan fingerprint density at radius 3 is 2.71 bits per heavy atom. The van der Waals surface area contributed by atoms with E-state index in [0.29, 0.717) is 25.5 Å². The SMILES string of the molecule is COC(=O)c1nccc(N(CCN)Cc2ccccc2)n1. The van der Waals surface area contributed by atoms with Crippen molar-refractivity contribution in [3.8, 4) is 0 Å². The van der Waals surface area contributed by atoms with Crippen molar-refractivity contribution in [3.05, 3.63) is 54.0 Å². The van der Waals surface area contributed by atoms with Gasteiger partial charge in [-0.3, -0.25) is 0 Å². The predicted octanol–water partition coefficient (Wildman–Crippen LogP) is 1.23. The van der Waals surface area contributed by atoms with Crippen LogP contribution in [0.15, 0.2) is 42.6 Å². The Morgan fingerprint density at radius 1 is 1.29 bits per heavy atom. The number of nitrogens with two attached hydrogens (primary N) is 1. The van der Waals surface area contributed by atoms with Gasteiger partial charge in [0, 0.05) is 25.8 Å². The van der Waals surface area contributed by atoms with E-state index in [4.69, 9.17) is 5.73 Å². The number of anilines is 1. The van der Waals surface area contributed by atoms with E-state index in [1.54, 1.807) is 12.3 Å². The van der Waals surface area contributed by atoms with Gasteiger partial charge in [0.15, 0.2) is 0 Å². The molecule has 1 heterocycles. The molecular weight excluding hydrogens is 268 g/mol. The van der Waals surface area contributed by atoms with Crippen LogP contribution in [0, 0.1) is 0 Å². The van der Waals surface area contributed by atoms with E-state index in [0.717, 1.165) is 5.56 Å². The lowest BCUT2D eigenvalue weighted by Gasteiger charge is -2.23. The summed E-state index contributed by atoms with van der Waals surface area (Å²) in [6.45, 7) is 1.78. The van der Waals surface area contributed by atoms with E-state index < -0.39 is 5.97 Å². The average Bonchev–Trinajstić information content (AvgIpc) is 2.55. The summed E-state index contributed by atoms with van der Waals surface area (Å²) in [5.41, 5.74) is 6.81. The van der Waals surface area contributed by atoms with Crippen molar-refractivity contribution in [2.45, 2.75) is 6.54 Å². The molecule has 0 fully saturated rings. The number of methoxy groups -OCH3 is 1. The summed E-state index contributed by atoms with van der Waals surface area (Å²) in [4.78, 5) is 21.7. The highest BCUT2D eigenvalue weighted by molar-refractivity contribution is 5.85. The maximum atomic E-state index is 11.5. The standard InChI is InChI=1S/C15H18N4O2/c1-21-15(20)14-17-9-7-13(18-14)19(10-8-16)11-12-5-3-2-4-6-12/h2-7,9H,8,10-11,16H2,1H3. The van der Waals surface area contributed by atoms with E-state index in [9.17, 15) is 4.79 Å². The van der Waals surface area contributed by atoms with Crippen molar-refractivity contribution in [2.24, 2.45) is 5.73 Å². The highest BCUT2D eigenvalue weighted by atomic mass is 16.5. The molecule has 0 saturated heterocycles. The second-order valence-electron chi connectivity index (χ2n) is 4.43. The first-order chi connectivity index (χ1) is 10.2. The van der Waals surface area contributed by atoms with E-state index in [1.807, 2.05) is 35.2 Å². The number of nitrogens with zero attached hydrogens (tertiary/aromatic N) is 3. The molecule has 0 unspecified atom stereocenters. The van der Waals surface area contributed by atoms with Gasteiger partial charge in [-0.15, -0.1) is 0 Å². The number of carbonyl (C=O) groups is 1. The second kappa shape index (κ2) is 7.35. The van der Waals surface area contributed by atoms with Crippen molar-refractivity contribution in [2.75, 3.05) is 25.1 Å². The van der Waals surface area contributed by atoms with Crippen LogP contribution in [-0.2, 0) is 11.3 Å². The minimum Gasteiger partial charge on any atom is -0.463 e. The van der Waals surface area contributed by atoms with Crippen LogP contribution < -0.4 is 10.6 Å². The van der Waals surface area contributed by atoms with E-state index >= 15 is 0 Å². The van der Waals surface area contributed by atoms with Gasteiger partial charge in [-0.1, -0.05) is 30.3 Å². The molecule has 0 radical (unpaired) electrons. The van der Waals surface area contributed by atoms with E-state index in [-0.39, 0.29) is 5.82 Å². The number of esters is 1. The zero-order valence-corrected chi connectivity index (χ0v) is 11.9. The molecule has 2 aromatic rings. The highest BCUT2D eigenvalue weighted by Gasteiger charge is 2.13. The summed E-state index contributed by atoms with van der Waals surface area (Å²) in [5.74, 6) is 0.147. The fraction of sp³-hybridized carbons (Fsp3) is 0.267. The van der Waals surface area contributed by atoms with Crippen molar-refractivity contribution in [3.63, 3.8) is 0 Å². The molecule has 0 aliphatic carbocycles. The van der Waals surface area contributed by atoms with Crippen molar-refractivity contribution in [1.29, 1.82) is 0 Å². The fourth-order valence-electron chi connectivity index (χ4n) is 1.95. The molecular formula is C15H18N4O2. The first-order valence-electron chi connectivity index (χ1n) is 6.65. The molecule has 6 nitrogen and oxygen atoms in total. The summed E-state index contributed by atoms with van der Waals surface area (Å²) in [5, 5.41) is 0. The summed E-state index contributed by atoms with van der Waals surface area (Å²) in [7, 11) is 1.31. The minimum absolute atomic E-state index is 0.0464. The molecule has 6 heteroatoms. The van der Waals surface area contributed by atoms with Crippen LogP contribution >= 0.6 is 0 Å². The molecule has 21 heavy (non-hydrogen) atoms. The topological polar surface area (TPSA) is 81.3 Å². The van der Waals surface area contributed by atoms with Gasteiger partial charge in [-0.2, -0.15) is 0 Å². The number of carbonyl (C=O) groups excluding carboxylic acids is 1. The minimum atomic E-state index is -0.552. The lowest BCUT2D eigenvalue weighted by Crippen LogP contribution is -2.30. The maximum Gasteiger partial charge on any atom is 0.376 e. The third-order valence-electron chi connectivity index (χ3n) is 2.95. The first-order valence-corrected chi connectivity index (χ1v) is 6.65. The number of hydrogen-bond donors (Lipinski definition) is 1. The Hall–Kier alpha value is -2.47.